The molecule has 0 fully saturated rings. The van der Waals surface area contributed by atoms with Crippen molar-refractivity contribution in [2.24, 2.45) is 0 Å². The zero-order valence-corrected chi connectivity index (χ0v) is 32.8. The van der Waals surface area contributed by atoms with Crippen molar-refractivity contribution in [3.05, 3.63) is 110 Å². The van der Waals surface area contributed by atoms with Crippen LogP contribution < -0.4 is 39.7 Å². The Labute approximate surface area is 332 Å². The quantitative estimate of drug-likeness (QED) is 0.113. The van der Waals surface area contributed by atoms with Crippen molar-refractivity contribution in [2.75, 3.05) is 41.6 Å². The molecule has 0 heterocycles. The minimum atomic E-state index is -4.55. The topological polar surface area (TPSA) is 148 Å². The lowest BCUT2D eigenvalue weighted by Gasteiger charge is -2.19. The van der Waals surface area contributed by atoms with Crippen molar-refractivity contribution in [3.8, 4) is 39.9 Å². The van der Waals surface area contributed by atoms with Crippen molar-refractivity contribution in [1.29, 1.82) is 0 Å². The summed E-state index contributed by atoms with van der Waals surface area (Å²) in [5.41, 5.74) is 2.46. The molecule has 0 spiro atoms. The van der Waals surface area contributed by atoms with E-state index >= 15 is 0 Å². The van der Waals surface area contributed by atoms with Gasteiger partial charge in [-0.05, 0) is 78.1 Å². The summed E-state index contributed by atoms with van der Waals surface area (Å²) in [6, 6.07) is 16.8. The van der Waals surface area contributed by atoms with Gasteiger partial charge >= 0.3 is 12.1 Å². The van der Waals surface area contributed by atoms with Gasteiger partial charge in [-0.2, -0.15) is 13.2 Å². The molecule has 0 saturated heterocycles. The fourth-order valence-corrected chi connectivity index (χ4v) is 6.21. The number of ether oxygens (including phenoxy) is 6. The molecule has 0 aliphatic heterocycles. The lowest BCUT2D eigenvalue weighted by Crippen LogP contribution is -2.28. The number of methoxy groups -OCH3 is 4. The second-order valence-corrected chi connectivity index (χ2v) is 12.9. The fourth-order valence-electron chi connectivity index (χ4n) is 6.09. The van der Waals surface area contributed by atoms with Crippen molar-refractivity contribution in [1.82, 2.24) is 10.6 Å². The number of amides is 2. The van der Waals surface area contributed by atoms with Gasteiger partial charge in [-0.15, -0.1) is 0 Å². The van der Waals surface area contributed by atoms with E-state index in [1.54, 1.807) is 27.4 Å². The summed E-state index contributed by atoms with van der Waals surface area (Å²) >= 11 is 5.84. The summed E-state index contributed by atoms with van der Waals surface area (Å²) in [6.07, 6.45) is -4.59. The molecule has 4 aromatic rings. The molecule has 5 rings (SSSR count). The predicted molar refractivity (Wildman–Crippen MR) is 205 cm³/mol. The van der Waals surface area contributed by atoms with Gasteiger partial charge in [0.25, 0.3) is 0 Å². The van der Waals surface area contributed by atoms with Gasteiger partial charge in [0, 0.05) is 30.0 Å². The molecule has 1 aliphatic carbocycles. The van der Waals surface area contributed by atoms with Gasteiger partial charge in [0.15, 0.2) is 17.2 Å². The number of rotatable bonds is 12. The number of carbonyl (C=O) groups is 3. The third-order valence-corrected chi connectivity index (χ3v) is 8.87. The van der Waals surface area contributed by atoms with E-state index in [4.69, 9.17) is 40.0 Å². The van der Waals surface area contributed by atoms with Crippen LogP contribution in [0.1, 0.15) is 54.7 Å². The molecule has 1 aliphatic rings. The first-order valence-electron chi connectivity index (χ1n) is 17.4. The van der Waals surface area contributed by atoms with Crippen LogP contribution in [-0.4, -0.2) is 59.4 Å². The number of halogens is 4. The molecule has 0 unspecified atom stereocenters. The molecule has 0 saturated carbocycles. The molecule has 0 aromatic heterocycles. The first-order valence-corrected chi connectivity index (χ1v) is 17.8. The van der Waals surface area contributed by atoms with E-state index in [0.717, 1.165) is 28.8 Å². The van der Waals surface area contributed by atoms with Crippen molar-refractivity contribution in [2.45, 2.75) is 45.0 Å². The van der Waals surface area contributed by atoms with Crippen LogP contribution >= 0.6 is 11.6 Å². The Kier molecular flexibility index (Phi) is 15.2. The van der Waals surface area contributed by atoms with Gasteiger partial charge in [0.1, 0.15) is 12.4 Å². The van der Waals surface area contributed by atoms with Crippen LogP contribution in [0.5, 0.6) is 28.7 Å². The zero-order chi connectivity index (χ0) is 41.9. The van der Waals surface area contributed by atoms with E-state index in [0.29, 0.717) is 46.2 Å². The van der Waals surface area contributed by atoms with E-state index in [1.165, 1.54) is 63.4 Å². The van der Waals surface area contributed by atoms with E-state index in [2.05, 4.69) is 10.6 Å². The molecule has 4 aromatic carbocycles. The normalized spacial score (nSPS) is 13.5. The van der Waals surface area contributed by atoms with Gasteiger partial charge in [-0.1, -0.05) is 35.9 Å². The number of esters is 1. The minimum Gasteiger partial charge on any atom is -0.493 e. The maximum atomic E-state index is 12.9. The Balaban J connectivity index is 0.000000253. The number of nitrogens with one attached hydrogen (secondary N) is 2. The molecule has 0 bridgehead atoms. The molecule has 16 heteroatoms. The van der Waals surface area contributed by atoms with E-state index in [-0.39, 0.29) is 47.9 Å². The Bertz CT molecular complexity index is 2130. The number of carbonyl (C=O) groups excluding carboxylic acids is 3. The number of hydrogen-bond donors (Lipinski definition) is 2. The Morgan fingerprint density at radius 3 is 2.12 bits per heavy atom. The highest BCUT2D eigenvalue weighted by molar-refractivity contribution is 6.30. The number of aryl methyl sites for hydroxylation is 1. The molecule has 57 heavy (non-hydrogen) atoms. The van der Waals surface area contributed by atoms with Crippen molar-refractivity contribution < 1.29 is 56.0 Å². The largest absolute Gasteiger partial charge is 0.493 e. The van der Waals surface area contributed by atoms with Crippen LogP contribution in [0.2, 0.25) is 5.02 Å². The molecule has 2 N–H and O–H groups in total. The van der Waals surface area contributed by atoms with Crippen LogP contribution in [0.3, 0.4) is 0 Å². The lowest BCUT2D eigenvalue weighted by atomic mass is 9.95. The van der Waals surface area contributed by atoms with Gasteiger partial charge in [0.2, 0.25) is 29.1 Å². The Hall–Kier alpha value is -5.96. The van der Waals surface area contributed by atoms with Gasteiger partial charge in [-0.3, -0.25) is 14.4 Å². The Morgan fingerprint density at radius 1 is 0.842 bits per heavy atom. The number of hydrogen-bond acceptors (Lipinski definition) is 10. The fraction of sp³-hybridized carbons (Fsp3) is 0.317. The highest BCUT2D eigenvalue weighted by Crippen LogP contribution is 2.50. The monoisotopic (exact) mass is 814 g/mol. The highest BCUT2D eigenvalue weighted by Gasteiger charge is 2.32. The van der Waals surface area contributed by atoms with Crippen LogP contribution in [-0.2, 0) is 31.7 Å². The van der Waals surface area contributed by atoms with Crippen LogP contribution in [0.4, 0.5) is 13.2 Å². The SMILES string of the molecule is CC(=O)NCCOC(=O)[C@H](Oc1cccc(C(F)(F)F)c1)c1ccc(Cl)cc1.COc1cc2c(c(OC)c1OC)-c1ccc(OC)c(=O)cc1[C@@H](NC(C)=O)CC2. The second kappa shape index (κ2) is 19.8. The summed E-state index contributed by atoms with van der Waals surface area (Å²) < 4.78 is 71.3. The first kappa shape index (κ1) is 43.8. The Morgan fingerprint density at radius 2 is 1.53 bits per heavy atom. The van der Waals surface area contributed by atoms with E-state index in [9.17, 15) is 32.3 Å². The highest BCUT2D eigenvalue weighted by atomic mass is 35.5. The van der Waals surface area contributed by atoms with Crippen molar-refractivity contribution in [3.63, 3.8) is 0 Å². The average Bonchev–Trinajstić information content (AvgIpc) is 3.42. The van der Waals surface area contributed by atoms with Crippen molar-refractivity contribution >= 4 is 29.4 Å². The van der Waals surface area contributed by atoms with Crippen LogP contribution in [0.15, 0.2) is 77.6 Å². The first-order chi connectivity index (χ1) is 27.1. The third-order valence-electron chi connectivity index (χ3n) is 8.62. The average molecular weight is 815 g/mol. The smallest absolute Gasteiger partial charge is 0.416 e. The number of benzene rings is 3. The van der Waals surface area contributed by atoms with E-state index < -0.39 is 23.8 Å². The van der Waals surface area contributed by atoms with Gasteiger partial charge in [-0.25, -0.2) is 4.79 Å². The molecule has 0 radical (unpaired) electrons. The number of fused-ring (bicyclic) bond motifs is 3. The lowest BCUT2D eigenvalue weighted by molar-refractivity contribution is -0.152. The van der Waals surface area contributed by atoms with E-state index in [1.807, 2.05) is 12.1 Å². The number of alkyl halides is 3. The maximum Gasteiger partial charge on any atom is 0.416 e. The molecule has 304 valence electrons. The molecular formula is C41H42ClF3N2O10. The zero-order valence-electron chi connectivity index (χ0n) is 32.0. The van der Waals surface area contributed by atoms with Crippen LogP contribution in [0.25, 0.3) is 11.1 Å². The summed E-state index contributed by atoms with van der Waals surface area (Å²) in [7, 11) is 6.14. The maximum absolute atomic E-state index is 12.9. The second-order valence-electron chi connectivity index (χ2n) is 12.5. The molecule has 2 amide bonds. The summed E-state index contributed by atoms with van der Waals surface area (Å²) in [6.45, 7) is 2.76. The van der Waals surface area contributed by atoms with Gasteiger partial charge in [0.05, 0.1) is 46.6 Å². The van der Waals surface area contributed by atoms with Crippen LogP contribution in [0, 0.1) is 0 Å². The third kappa shape index (κ3) is 11.3. The predicted octanol–water partition coefficient (Wildman–Crippen LogP) is 7.03. The standard InChI is InChI=1S/C22H25NO6.C19H17ClF3NO4/c1-12(24)23-16-8-6-13-10-19(27-3)21(28-4)22(29-5)20(13)14-7-9-18(26-2)17(25)11-15(14)16;1-12(25)24-9-10-27-18(26)17(13-5-7-15(20)8-6-13)28-16-4-2-3-14(11-16)19(21,22)23/h7,9-11,16H,6,8H2,1-5H3,(H,23,24);2-8,11,17H,9-10H2,1H3,(H,24,25)/t16-;17-/m01/s1. The minimum absolute atomic E-state index is 0.0952. The summed E-state index contributed by atoms with van der Waals surface area (Å²) in [5, 5.41) is 5.84. The van der Waals surface area contributed by atoms with Gasteiger partial charge < -0.3 is 39.1 Å². The summed E-state index contributed by atoms with van der Waals surface area (Å²) in [4.78, 5) is 47.8. The summed E-state index contributed by atoms with van der Waals surface area (Å²) in [5.74, 6) is 0.359. The molecule has 12 nitrogen and oxygen atoms in total. The molecular weight excluding hydrogens is 773 g/mol. The molecule has 2 atom stereocenters.